The molecule has 0 amide bonds. The van der Waals surface area contributed by atoms with Crippen molar-refractivity contribution in [2.24, 2.45) is 0 Å². The van der Waals surface area contributed by atoms with Crippen molar-refractivity contribution >= 4 is 32.9 Å². The minimum atomic E-state index is -1.59. The van der Waals surface area contributed by atoms with E-state index in [1.54, 1.807) is 0 Å². The third-order valence-electron chi connectivity index (χ3n) is 3.91. The van der Waals surface area contributed by atoms with Crippen LogP contribution in [0.25, 0.3) is 11.2 Å². The summed E-state index contributed by atoms with van der Waals surface area (Å²) < 4.78 is 7.13. The number of aromatic nitrogens is 4. The Morgan fingerprint density at radius 1 is 1.41 bits per heavy atom. The van der Waals surface area contributed by atoms with Gasteiger partial charge in [0, 0.05) is 5.33 Å². The van der Waals surface area contributed by atoms with Crippen molar-refractivity contribution in [1.82, 2.24) is 19.5 Å². The molecule has 1 aliphatic heterocycles. The number of nitrogens with zero attached hydrogens (tertiary/aromatic N) is 4. The molecule has 3 rings (SSSR count). The van der Waals surface area contributed by atoms with E-state index in [2.05, 4.69) is 30.9 Å². The Kier molecular flexibility index (Phi) is 4.03. The summed E-state index contributed by atoms with van der Waals surface area (Å²) in [5.74, 6) is 0.213. The van der Waals surface area contributed by atoms with Crippen molar-refractivity contribution in [3.8, 4) is 0 Å². The molecule has 1 fully saturated rings. The summed E-state index contributed by atoms with van der Waals surface area (Å²) in [6.07, 6.45) is -0.158. The molecule has 0 aromatic carbocycles. The third-order valence-corrected chi connectivity index (χ3v) is 4.31. The van der Waals surface area contributed by atoms with Crippen LogP contribution in [0.5, 0.6) is 0 Å². The number of hydrogen-bond donors (Lipinski definition) is 4. The van der Waals surface area contributed by atoms with Crippen LogP contribution in [0.3, 0.4) is 0 Å². The standard InChI is InChI=1S/C12H16BrN5O4/c13-2-1-12(21)8(20)6(3-19)22-11(12)18-5-17-7-9(14)15-4-16-10(7)18/h4-6,8,11,19-21H,1-3H2,(H2,14,15,16)/t6-,8-,11-,12-/m1/s1. The molecule has 1 saturated heterocycles. The molecule has 2 aromatic rings. The highest BCUT2D eigenvalue weighted by Gasteiger charge is 2.55. The van der Waals surface area contributed by atoms with Gasteiger partial charge in [-0.3, -0.25) is 4.57 Å². The molecule has 0 unspecified atom stereocenters. The number of aliphatic hydroxyl groups is 3. The lowest BCUT2D eigenvalue weighted by Crippen LogP contribution is -2.47. The van der Waals surface area contributed by atoms with Crippen LogP contribution in [0.4, 0.5) is 5.82 Å². The summed E-state index contributed by atoms with van der Waals surface area (Å²) in [6, 6.07) is 0. The fourth-order valence-corrected chi connectivity index (χ4v) is 3.37. The van der Waals surface area contributed by atoms with E-state index in [0.717, 1.165) is 0 Å². The summed E-state index contributed by atoms with van der Waals surface area (Å²) in [4.78, 5) is 12.1. The lowest BCUT2D eigenvalue weighted by atomic mass is 9.91. The predicted octanol–water partition coefficient (Wildman–Crippen LogP) is -0.825. The number of fused-ring (bicyclic) bond motifs is 1. The van der Waals surface area contributed by atoms with Crippen LogP contribution < -0.4 is 5.73 Å². The molecule has 5 N–H and O–H groups in total. The van der Waals surface area contributed by atoms with Crippen molar-refractivity contribution in [2.75, 3.05) is 17.7 Å². The van der Waals surface area contributed by atoms with Crippen molar-refractivity contribution in [1.29, 1.82) is 0 Å². The number of nitrogens with two attached hydrogens (primary N) is 1. The van der Waals surface area contributed by atoms with E-state index in [1.165, 1.54) is 17.2 Å². The normalized spacial score (nSPS) is 31.9. The van der Waals surface area contributed by atoms with E-state index in [9.17, 15) is 15.3 Å². The van der Waals surface area contributed by atoms with Crippen LogP contribution in [-0.4, -0.2) is 64.6 Å². The summed E-state index contributed by atoms with van der Waals surface area (Å²) >= 11 is 3.26. The summed E-state index contributed by atoms with van der Waals surface area (Å²) in [6.45, 7) is -0.411. The van der Waals surface area contributed by atoms with E-state index in [1.807, 2.05) is 0 Å². The van der Waals surface area contributed by atoms with Crippen LogP contribution in [0.15, 0.2) is 12.7 Å². The zero-order valence-electron chi connectivity index (χ0n) is 11.5. The molecule has 0 radical (unpaired) electrons. The highest BCUT2D eigenvalue weighted by atomic mass is 79.9. The largest absolute Gasteiger partial charge is 0.394 e. The molecule has 9 nitrogen and oxygen atoms in total. The average Bonchev–Trinajstić information content (AvgIpc) is 3.02. The van der Waals surface area contributed by atoms with Gasteiger partial charge in [-0.2, -0.15) is 0 Å². The SMILES string of the molecule is Nc1ncnc2c1ncn2[C@@H]1O[C@H](CO)[C@@H](O)[C@]1(O)CCBr. The minimum absolute atomic E-state index is 0.213. The fraction of sp³-hybridized carbons (Fsp3) is 0.583. The average molecular weight is 374 g/mol. The Balaban J connectivity index is 2.09. The zero-order chi connectivity index (χ0) is 15.9. The van der Waals surface area contributed by atoms with E-state index in [4.69, 9.17) is 10.5 Å². The Bertz CT molecular complexity index is 683. The number of imidazole rings is 1. The van der Waals surface area contributed by atoms with Gasteiger partial charge in [0.2, 0.25) is 0 Å². The molecule has 1 aliphatic rings. The van der Waals surface area contributed by atoms with Gasteiger partial charge >= 0.3 is 0 Å². The Morgan fingerprint density at radius 2 is 2.18 bits per heavy atom. The van der Waals surface area contributed by atoms with E-state index < -0.39 is 30.6 Å². The van der Waals surface area contributed by atoms with Crippen LogP contribution in [-0.2, 0) is 4.74 Å². The smallest absolute Gasteiger partial charge is 0.168 e. The molecule has 22 heavy (non-hydrogen) atoms. The molecule has 0 aliphatic carbocycles. The molecule has 4 atom stereocenters. The van der Waals surface area contributed by atoms with Gasteiger partial charge in [0.05, 0.1) is 12.9 Å². The number of rotatable bonds is 4. The lowest BCUT2D eigenvalue weighted by molar-refractivity contribution is -0.108. The first-order valence-corrected chi connectivity index (χ1v) is 7.80. The summed E-state index contributed by atoms with van der Waals surface area (Å²) in [7, 11) is 0. The Hall–Kier alpha value is -1.33. The second-order valence-electron chi connectivity index (χ2n) is 5.17. The zero-order valence-corrected chi connectivity index (χ0v) is 13.1. The molecular formula is C12H16BrN5O4. The second-order valence-corrected chi connectivity index (χ2v) is 5.96. The van der Waals surface area contributed by atoms with Gasteiger partial charge in [0.1, 0.15) is 29.7 Å². The Morgan fingerprint density at radius 3 is 2.86 bits per heavy atom. The monoisotopic (exact) mass is 373 g/mol. The van der Waals surface area contributed by atoms with Crippen molar-refractivity contribution < 1.29 is 20.1 Å². The minimum Gasteiger partial charge on any atom is -0.394 e. The van der Waals surface area contributed by atoms with Crippen LogP contribution in [0.1, 0.15) is 12.6 Å². The predicted molar refractivity (Wildman–Crippen MR) is 80.1 cm³/mol. The van der Waals surface area contributed by atoms with Gasteiger partial charge in [-0.15, -0.1) is 0 Å². The topological polar surface area (TPSA) is 140 Å². The van der Waals surface area contributed by atoms with Gasteiger partial charge in [-0.1, -0.05) is 15.9 Å². The van der Waals surface area contributed by atoms with Crippen molar-refractivity contribution in [2.45, 2.75) is 30.5 Å². The van der Waals surface area contributed by atoms with Crippen molar-refractivity contribution in [3.05, 3.63) is 12.7 Å². The molecule has 3 heterocycles. The van der Waals surface area contributed by atoms with Gasteiger partial charge in [0.25, 0.3) is 0 Å². The maximum Gasteiger partial charge on any atom is 0.168 e. The molecule has 120 valence electrons. The number of anilines is 1. The first-order valence-electron chi connectivity index (χ1n) is 6.68. The second kappa shape index (κ2) is 5.70. The number of alkyl halides is 1. The quantitative estimate of drug-likeness (QED) is 0.509. The molecular weight excluding hydrogens is 358 g/mol. The maximum atomic E-state index is 10.9. The first-order chi connectivity index (χ1) is 10.5. The number of nitrogen functional groups attached to an aromatic ring is 1. The lowest BCUT2D eigenvalue weighted by Gasteiger charge is -2.31. The highest BCUT2D eigenvalue weighted by Crippen LogP contribution is 2.42. The van der Waals surface area contributed by atoms with E-state index in [-0.39, 0.29) is 12.2 Å². The van der Waals surface area contributed by atoms with E-state index >= 15 is 0 Å². The number of hydrogen-bond acceptors (Lipinski definition) is 8. The van der Waals surface area contributed by atoms with Crippen molar-refractivity contribution in [3.63, 3.8) is 0 Å². The van der Waals surface area contributed by atoms with Crippen LogP contribution in [0.2, 0.25) is 0 Å². The molecule has 2 aromatic heterocycles. The third kappa shape index (κ3) is 2.18. The van der Waals surface area contributed by atoms with Gasteiger partial charge in [-0.05, 0) is 6.42 Å². The van der Waals surface area contributed by atoms with Gasteiger partial charge < -0.3 is 25.8 Å². The highest BCUT2D eigenvalue weighted by molar-refractivity contribution is 9.09. The number of halogens is 1. The van der Waals surface area contributed by atoms with Crippen LogP contribution >= 0.6 is 15.9 Å². The maximum absolute atomic E-state index is 10.9. The first kappa shape index (κ1) is 15.6. The van der Waals surface area contributed by atoms with Gasteiger partial charge in [0.15, 0.2) is 17.7 Å². The molecule has 0 saturated carbocycles. The number of aliphatic hydroxyl groups excluding tert-OH is 2. The molecule has 0 bridgehead atoms. The van der Waals surface area contributed by atoms with Crippen LogP contribution in [0, 0.1) is 0 Å². The number of ether oxygens (including phenoxy) is 1. The fourth-order valence-electron chi connectivity index (χ4n) is 2.74. The van der Waals surface area contributed by atoms with E-state index in [0.29, 0.717) is 16.5 Å². The summed E-state index contributed by atoms with van der Waals surface area (Å²) in [5.41, 5.74) is 4.92. The molecule has 10 heteroatoms. The molecule has 0 spiro atoms. The summed E-state index contributed by atoms with van der Waals surface area (Å²) in [5, 5.41) is 30.9. The van der Waals surface area contributed by atoms with Gasteiger partial charge in [-0.25, -0.2) is 15.0 Å². The Labute approximate surface area is 133 Å².